The maximum Gasteiger partial charge on any atom is 0.253 e. The number of hydrogen-bond donors (Lipinski definition) is 1. The van der Waals surface area contributed by atoms with Crippen LogP contribution in [0.25, 0.3) is 0 Å². The van der Waals surface area contributed by atoms with E-state index in [1.165, 1.54) is 5.56 Å². The monoisotopic (exact) mass is 337 g/mol. The summed E-state index contributed by atoms with van der Waals surface area (Å²) in [4.78, 5) is 18.8. The molecule has 2 aliphatic rings. The van der Waals surface area contributed by atoms with Gasteiger partial charge in [-0.1, -0.05) is 12.1 Å². The number of amides is 1. The molecule has 0 bridgehead atoms. The summed E-state index contributed by atoms with van der Waals surface area (Å²) in [5.74, 6) is 1.95. The van der Waals surface area contributed by atoms with Gasteiger partial charge in [-0.15, -0.1) is 0 Å². The van der Waals surface area contributed by atoms with E-state index < -0.39 is 0 Å². The molecule has 0 unspecified atom stereocenters. The zero-order valence-corrected chi connectivity index (χ0v) is 14.7. The lowest BCUT2D eigenvalue weighted by Gasteiger charge is -2.34. The average molecular weight is 337 g/mol. The quantitative estimate of drug-likeness (QED) is 0.935. The van der Waals surface area contributed by atoms with Crippen LogP contribution < -0.4 is 15.0 Å². The van der Waals surface area contributed by atoms with E-state index in [1.807, 2.05) is 25.1 Å². The summed E-state index contributed by atoms with van der Waals surface area (Å²) in [6, 6.07) is 10.2. The van der Waals surface area contributed by atoms with E-state index in [4.69, 9.17) is 9.72 Å². The largest absolute Gasteiger partial charge is 0.490 e. The minimum atomic E-state index is -0.0117. The second-order valence-corrected chi connectivity index (χ2v) is 6.93. The maximum atomic E-state index is 11.8. The van der Waals surface area contributed by atoms with E-state index >= 15 is 0 Å². The van der Waals surface area contributed by atoms with E-state index in [0.717, 1.165) is 54.3 Å². The summed E-state index contributed by atoms with van der Waals surface area (Å²) in [7, 11) is 0. The first kappa shape index (κ1) is 15.9. The van der Waals surface area contributed by atoms with Crippen molar-refractivity contribution in [3.05, 3.63) is 52.7 Å². The first-order valence-electron chi connectivity index (χ1n) is 8.87. The summed E-state index contributed by atoms with van der Waals surface area (Å²) in [6.45, 7) is 6.49. The highest BCUT2D eigenvalue weighted by molar-refractivity contribution is 5.98. The Kier molecular flexibility index (Phi) is 4.07. The highest BCUT2D eigenvalue weighted by Gasteiger charge is 2.26. The Hall–Kier alpha value is -2.56. The molecular weight excluding hydrogens is 314 g/mol. The van der Waals surface area contributed by atoms with Crippen LogP contribution in [0.4, 0.5) is 5.82 Å². The number of anilines is 1. The molecule has 0 aliphatic carbocycles. The Bertz CT molecular complexity index is 811. The highest BCUT2D eigenvalue weighted by Crippen LogP contribution is 2.27. The van der Waals surface area contributed by atoms with Gasteiger partial charge in [-0.3, -0.25) is 4.79 Å². The van der Waals surface area contributed by atoms with Gasteiger partial charge in [0.15, 0.2) is 0 Å². The molecule has 1 amide bonds. The lowest BCUT2D eigenvalue weighted by molar-refractivity contribution is 0.0965. The van der Waals surface area contributed by atoms with Crippen LogP contribution in [-0.2, 0) is 6.54 Å². The number of carbonyl (C=O) groups is 1. The Morgan fingerprint density at radius 3 is 2.76 bits per heavy atom. The molecule has 5 heteroatoms. The van der Waals surface area contributed by atoms with E-state index in [0.29, 0.717) is 6.54 Å². The van der Waals surface area contributed by atoms with Crippen molar-refractivity contribution in [1.82, 2.24) is 10.3 Å². The Balaban J connectivity index is 1.43. The molecular formula is C20H23N3O2. The van der Waals surface area contributed by atoms with Crippen molar-refractivity contribution in [3.8, 4) is 5.75 Å². The van der Waals surface area contributed by atoms with E-state index in [9.17, 15) is 4.79 Å². The van der Waals surface area contributed by atoms with E-state index in [1.54, 1.807) is 0 Å². The van der Waals surface area contributed by atoms with Crippen LogP contribution >= 0.6 is 0 Å². The predicted octanol–water partition coefficient (Wildman–Crippen LogP) is 2.99. The van der Waals surface area contributed by atoms with Crippen LogP contribution in [0.2, 0.25) is 0 Å². The van der Waals surface area contributed by atoms with Crippen LogP contribution in [0.15, 0.2) is 30.3 Å². The summed E-state index contributed by atoms with van der Waals surface area (Å²) >= 11 is 0. The number of nitrogens with zero attached hydrogens (tertiary/aromatic N) is 2. The third kappa shape index (κ3) is 3.18. The number of ether oxygens (including phenoxy) is 1. The average Bonchev–Trinajstić information content (AvgIpc) is 2.95. The number of piperidine rings is 1. The Morgan fingerprint density at radius 1 is 1.20 bits per heavy atom. The van der Waals surface area contributed by atoms with Gasteiger partial charge < -0.3 is 15.0 Å². The molecule has 4 rings (SSSR count). The Labute approximate surface area is 148 Å². The number of aryl methyl sites for hydroxylation is 2. The van der Waals surface area contributed by atoms with Crippen molar-refractivity contribution < 1.29 is 9.53 Å². The minimum absolute atomic E-state index is 0.0117. The molecule has 0 saturated carbocycles. The minimum Gasteiger partial charge on any atom is -0.490 e. The van der Waals surface area contributed by atoms with Crippen molar-refractivity contribution >= 4 is 11.7 Å². The van der Waals surface area contributed by atoms with Gasteiger partial charge in [0.2, 0.25) is 0 Å². The zero-order chi connectivity index (χ0) is 17.4. The second kappa shape index (κ2) is 6.39. The molecule has 3 heterocycles. The smallest absolute Gasteiger partial charge is 0.253 e. The van der Waals surface area contributed by atoms with Gasteiger partial charge >= 0.3 is 0 Å². The number of fused-ring (bicyclic) bond motifs is 1. The molecule has 2 aliphatic heterocycles. The van der Waals surface area contributed by atoms with Crippen LogP contribution in [0, 0.1) is 13.8 Å². The molecule has 130 valence electrons. The van der Waals surface area contributed by atoms with Gasteiger partial charge in [0.25, 0.3) is 5.91 Å². The molecule has 2 aromatic rings. The Morgan fingerprint density at radius 2 is 2.00 bits per heavy atom. The normalized spacial score (nSPS) is 17.4. The molecule has 25 heavy (non-hydrogen) atoms. The van der Waals surface area contributed by atoms with Gasteiger partial charge in [-0.25, -0.2) is 4.98 Å². The summed E-state index contributed by atoms with van der Waals surface area (Å²) < 4.78 is 6.14. The fraction of sp³-hybridized carbons (Fsp3) is 0.400. The van der Waals surface area contributed by atoms with Crippen LogP contribution in [0.5, 0.6) is 5.75 Å². The maximum absolute atomic E-state index is 11.8. The summed E-state index contributed by atoms with van der Waals surface area (Å²) in [6.07, 6.45) is 2.20. The van der Waals surface area contributed by atoms with Gasteiger partial charge in [0.05, 0.1) is 17.8 Å². The van der Waals surface area contributed by atoms with Crippen molar-refractivity contribution in [2.24, 2.45) is 0 Å². The first-order chi connectivity index (χ1) is 12.1. The number of pyridine rings is 1. The summed E-state index contributed by atoms with van der Waals surface area (Å²) in [5, 5.41) is 2.84. The molecule has 0 spiro atoms. The second-order valence-electron chi connectivity index (χ2n) is 6.93. The topological polar surface area (TPSA) is 54.5 Å². The third-order valence-corrected chi connectivity index (χ3v) is 4.96. The molecule has 1 N–H and O–H groups in total. The molecule has 5 nitrogen and oxygen atoms in total. The standard InChI is InChI=1S/C20H23N3O2/c1-13-4-3-5-16(10-13)25-15-6-8-23(9-7-15)19-14(2)11-17-18(22-19)12-21-20(17)24/h3-5,10-11,15H,6-9,12H2,1-2H3,(H,21,24). The molecule has 1 aromatic heterocycles. The number of benzene rings is 1. The number of carbonyl (C=O) groups excluding carboxylic acids is 1. The highest BCUT2D eigenvalue weighted by atomic mass is 16.5. The number of rotatable bonds is 3. The van der Waals surface area contributed by atoms with Gasteiger partial charge in [-0.2, -0.15) is 0 Å². The van der Waals surface area contributed by atoms with E-state index in [-0.39, 0.29) is 12.0 Å². The molecule has 1 saturated heterocycles. The third-order valence-electron chi connectivity index (χ3n) is 4.96. The summed E-state index contributed by atoms with van der Waals surface area (Å²) in [5.41, 5.74) is 3.87. The fourth-order valence-corrected chi connectivity index (χ4v) is 3.62. The zero-order valence-electron chi connectivity index (χ0n) is 14.7. The van der Waals surface area contributed by atoms with Crippen LogP contribution in [0.3, 0.4) is 0 Å². The lowest BCUT2D eigenvalue weighted by atomic mass is 10.1. The number of aromatic nitrogens is 1. The van der Waals surface area contributed by atoms with Gasteiger partial charge in [0.1, 0.15) is 17.7 Å². The van der Waals surface area contributed by atoms with Gasteiger partial charge in [-0.05, 0) is 43.2 Å². The van der Waals surface area contributed by atoms with E-state index in [2.05, 4.69) is 29.3 Å². The van der Waals surface area contributed by atoms with Gasteiger partial charge in [0, 0.05) is 25.9 Å². The van der Waals surface area contributed by atoms with Crippen LogP contribution in [-0.4, -0.2) is 30.1 Å². The van der Waals surface area contributed by atoms with Crippen LogP contribution in [0.1, 0.15) is 40.0 Å². The lowest BCUT2D eigenvalue weighted by Crippen LogP contribution is -2.39. The molecule has 0 radical (unpaired) electrons. The predicted molar refractivity (Wildman–Crippen MR) is 97.2 cm³/mol. The molecule has 1 aromatic carbocycles. The fourth-order valence-electron chi connectivity index (χ4n) is 3.62. The number of hydrogen-bond acceptors (Lipinski definition) is 4. The SMILES string of the molecule is Cc1cccc(OC2CCN(c3nc4c(cc3C)C(=O)NC4)CC2)c1. The van der Waals surface area contributed by atoms with Crippen molar-refractivity contribution in [2.45, 2.75) is 39.3 Å². The van der Waals surface area contributed by atoms with Crippen molar-refractivity contribution in [3.63, 3.8) is 0 Å². The number of nitrogens with one attached hydrogen (secondary N) is 1. The van der Waals surface area contributed by atoms with Crippen molar-refractivity contribution in [1.29, 1.82) is 0 Å². The first-order valence-corrected chi connectivity index (χ1v) is 8.87. The molecule has 0 atom stereocenters. The molecule has 1 fully saturated rings. The van der Waals surface area contributed by atoms with Crippen molar-refractivity contribution in [2.75, 3.05) is 18.0 Å².